The fraction of sp³-hybridized carbons (Fsp3) is 0. The molecule has 148 valence electrons. The standard InChI is InChI=1S/C20H11N3O6S/c24-18-14-6-5-13(30(26,27)28)11-15(14)19(25)23(18)12-7-9-22(10-8-12)20-21-16-3-1-2-4-17(16)29-20/h1-11H/p+1. The van der Waals surface area contributed by atoms with Gasteiger partial charge in [-0.15, -0.1) is 0 Å². The van der Waals surface area contributed by atoms with Gasteiger partial charge in [-0.25, -0.2) is 4.90 Å². The molecule has 10 heteroatoms. The molecular weight excluding hydrogens is 410 g/mol. The molecule has 0 bridgehead atoms. The molecule has 2 aromatic heterocycles. The molecule has 0 unspecified atom stereocenters. The normalized spacial score (nSPS) is 13.8. The molecule has 4 aromatic rings. The van der Waals surface area contributed by atoms with Gasteiger partial charge in [-0.1, -0.05) is 12.1 Å². The number of anilines is 1. The maximum absolute atomic E-state index is 12.8. The van der Waals surface area contributed by atoms with Gasteiger partial charge in [-0.2, -0.15) is 13.0 Å². The third-order valence-corrected chi connectivity index (χ3v) is 5.58. The molecule has 0 aliphatic carbocycles. The van der Waals surface area contributed by atoms with E-state index in [0.717, 1.165) is 17.0 Å². The van der Waals surface area contributed by atoms with Gasteiger partial charge in [0.2, 0.25) is 5.52 Å². The Morgan fingerprint density at radius 1 is 0.933 bits per heavy atom. The maximum atomic E-state index is 12.8. The Labute approximate surface area is 169 Å². The summed E-state index contributed by atoms with van der Waals surface area (Å²) < 4.78 is 39.1. The van der Waals surface area contributed by atoms with Crippen molar-refractivity contribution in [1.29, 1.82) is 0 Å². The number of rotatable bonds is 3. The molecular formula is C20H12N3O6S+. The van der Waals surface area contributed by atoms with Gasteiger partial charge in [-0.3, -0.25) is 14.1 Å². The van der Waals surface area contributed by atoms with Crippen LogP contribution in [0.15, 0.2) is 76.3 Å². The molecule has 3 heterocycles. The quantitative estimate of drug-likeness (QED) is 0.305. The summed E-state index contributed by atoms with van der Waals surface area (Å²) in [6, 6.07) is 14.0. The van der Waals surface area contributed by atoms with Crippen LogP contribution in [0.2, 0.25) is 0 Å². The topological polar surface area (TPSA) is 122 Å². The molecule has 1 aliphatic heterocycles. The highest BCUT2D eigenvalue weighted by Crippen LogP contribution is 2.29. The van der Waals surface area contributed by atoms with Crippen LogP contribution >= 0.6 is 0 Å². The third kappa shape index (κ3) is 2.78. The number of oxazole rings is 1. The van der Waals surface area contributed by atoms with Crippen LogP contribution in [0.5, 0.6) is 0 Å². The van der Waals surface area contributed by atoms with Gasteiger partial charge in [0.15, 0.2) is 5.58 Å². The molecule has 30 heavy (non-hydrogen) atoms. The summed E-state index contributed by atoms with van der Waals surface area (Å²) in [5.41, 5.74) is 1.58. The number of pyridine rings is 1. The molecule has 2 aromatic carbocycles. The lowest BCUT2D eigenvalue weighted by atomic mass is 10.1. The van der Waals surface area contributed by atoms with Crippen LogP contribution in [-0.4, -0.2) is 29.8 Å². The van der Waals surface area contributed by atoms with Crippen molar-refractivity contribution < 1.29 is 31.5 Å². The predicted octanol–water partition coefficient (Wildman–Crippen LogP) is 2.15. The zero-order valence-corrected chi connectivity index (χ0v) is 15.9. The van der Waals surface area contributed by atoms with Crippen LogP contribution in [-0.2, 0) is 10.1 Å². The molecule has 0 fully saturated rings. The molecule has 5 rings (SSSR count). The average Bonchev–Trinajstić information content (AvgIpc) is 3.27. The number of carbonyl (C=O) groups excluding carboxylic acids is 2. The van der Waals surface area contributed by atoms with Crippen LogP contribution in [0, 0.1) is 0 Å². The fourth-order valence-corrected chi connectivity index (χ4v) is 3.79. The second-order valence-electron chi connectivity index (χ2n) is 6.56. The summed E-state index contributed by atoms with van der Waals surface area (Å²) in [7, 11) is -4.50. The summed E-state index contributed by atoms with van der Waals surface area (Å²) in [5, 5.41) is 0. The zero-order valence-electron chi connectivity index (χ0n) is 15.1. The number of para-hydroxylation sites is 2. The SMILES string of the molecule is O=C1c2ccc(S(=O)(=O)O)cc2C(=O)N1c1cc[n+](-c2nc3ccccc3o2)cc1. The highest BCUT2D eigenvalue weighted by atomic mass is 32.2. The Morgan fingerprint density at radius 3 is 2.33 bits per heavy atom. The van der Waals surface area contributed by atoms with Crippen LogP contribution in [0.1, 0.15) is 20.7 Å². The number of fused-ring (bicyclic) bond motifs is 2. The minimum atomic E-state index is -4.50. The summed E-state index contributed by atoms with van der Waals surface area (Å²) in [4.78, 5) is 30.3. The van der Waals surface area contributed by atoms with Crippen molar-refractivity contribution in [3.8, 4) is 6.01 Å². The lowest BCUT2D eigenvalue weighted by molar-refractivity contribution is -0.612. The van der Waals surface area contributed by atoms with E-state index < -0.39 is 26.8 Å². The Morgan fingerprint density at radius 2 is 1.63 bits per heavy atom. The number of carbonyl (C=O) groups is 2. The van der Waals surface area contributed by atoms with Gasteiger partial charge in [0.05, 0.1) is 21.7 Å². The number of hydrogen-bond acceptors (Lipinski definition) is 6. The van der Waals surface area contributed by atoms with Crippen LogP contribution < -0.4 is 9.47 Å². The first kappa shape index (κ1) is 18.2. The van der Waals surface area contributed by atoms with Crippen molar-refractivity contribution >= 4 is 38.7 Å². The lowest BCUT2D eigenvalue weighted by Crippen LogP contribution is -2.33. The third-order valence-electron chi connectivity index (χ3n) is 4.73. The first-order chi connectivity index (χ1) is 14.3. The smallest absolute Gasteiger partial charge is 0.384 e. The van der Waals surface area contributed by atoms with Crippen molar-refractivity contribution in [2.45, 2.75) is 4.90 Å². The minimum Gasteiger partial charge on any atom is -0.384 e. The highest BCUT2D eigenvalue weighted by molar-refractivity contribution is 7.85. The maximum Gasteiger partial charge on any atom is 0.509 e. The molecule has 2 amide bonds. The van der Waals surface area contributed by atoms with Gasteiger partial charge in [0.25, 0.3) is 21.9 Å². The fourth-order valence-electron chi connectivity index (χ4n) is 3.28. The number of imide groups is 1. The minimum absolute atomic E-state index is 0.0584. The number of aromatic nitrogens is 2. The van der Waals surface area contributed by atoms with Gasteiger partial charge in [-0.05, 0) is 30.3 Å². The van der Waals surface area contributed by atoms with Crippen molar-refractivity contribution in [3.05, 3.63) is 78.1 Å². The van der Waals surface area contributed by atoms with E-state index in [1.807, 2.05) is 18.2 Å². The molecule has 0 atom stereocenters. The Kier molecular flexibility index (Phi) is 3.82. The Balaban J connectivity index is 1.50. The molecule has 9 nitrogen and oxygen atoms in total. The summed E-state index contributed by atoms with van der Waals surface area (Å²) in [5.74, 6) is -1.27. The van der Waals surface area contributed by atoms with Crippen LogP contribution in [0.3, 0.4) is 0 Å². The second-order valence-corrected chi connectivity index (χ2v) is 7.98. The predicted molar refractivity (Wildman–Crippen MR) is 103 cm³/mol. The Bertz CT molecular complexity index is 1420. The first-order valence-corrected chi connectivity index (χ1v) is 10.1. The van der Waals surface area contributed by atoms with Crippen molar-refractivity contribution in [3.63, 3.8) is 0 Å². The van der Waals surface area contributed by atoms with Crippen molar-refractivity contribution in [1.82, 2.24) is 4.98 Å². The van der Waals surface area contributed by atoms with E-state index in [1.165, 1.54) is 6.07 Å². The zero-order chi connectivity index (χ0) is 21.0. The number of nitrogens with zero attached hydrogens (tertiary/aromatic N) is 3. The summed E-state index contributed by atoms with van der Waals surface area (Å²) in [6.07, 6.45) is 3.18. The second kappa shape index (κ2) is 6.31. The van der Waals surface area contributed by atoms with Gasteiger partial charge in [0.1, 0.15) is 12.4 Å². The Hall–Kier alpha value is -3.89. The average molecular weight is 422 g/mol. The van der Waals surface area contributed by atoms with E-state index in [2.05, 4.69) is 4.98 Å². The van der Waals surface area contributed by atoms with Crippen molar-refractivity contribution in [2.75, 3.05) is 4.90 Å². The lowest BCUT2D eigenvalue weighted by Gasteiger charge is -2.13. The van der Waals surface area contributed by atoms with Gasteiger partial charge >= 0.3 is 6.01 Å². The van der Waals surface area contributed by atoms with E-state index in [9.17, 15) is 22.6 Å². The van der Waals surface area contributed by atoms with E-state index in [0.29, 0.717) is 22.8 Å². The largest absolute Gasteiger partial charge is 0.509 e. The van der Waals surface area contributed by atoms with Crippen molar-refractivity contribution in [2.24, 2.45) is 0 Å². The number of amides is 2. The molecule has 0 spiro atoms. The molecule has 0 radical (unpaired) electrons. The van der Waals surface area contributed by atoms with Crippen LogP contribution in [0.25, 0.3) is 17.1 Å². The van der Waals surface area contributed by atoms with Gasteiger partial charge < -0.3 is 4.42 Å². The highest BCUT2D eigenvalue weighted by Gasteiger charge is 2.37. The summed E-state index contributed by atoms with van der Waals surface area (Å²) in [6.45, 7) is 0. The number of benzene rings is 2. The molecule has 1 N–H and O–H groups in total. The summed E-state index contributed by atoms with van der Waals surface area (Å²) >= 11 is 0. The van der Waals surface area contributed by atoms with E-state index >= 15 is 0 Å². The van der Waals surface area contributed by atoms with Crippen LogP contribution in [0.4, 0.5) is 5.69 Å². The molecule has 0 saturated carbocycles. The monoisotopic (exact) mass is 422 g/mol. The molecule has 1 aliphatic rings. The number of hydrogen-bond donors (Lipinski definition) is 1. The van der Waals surface area contributed by atoms with E-state index in [4.69, 9.17) is 4.42 Å². The van der Waals surface area contributed by atoms with E-state index in [1.54, 1.807) is 35.2 Å². The first-order valence-electron chi connectivity index (χ1n) is 8.70. The van der Waals surface area contributed by atoms with Gasteiger partial charge in [0, 0.05) is 17.1 Å². The van der Waals surface area contributed by atoms with E-state index in [-0.39, 0.29) is 11.1 Å². The molecule has 0 saturated heterocycles.